The van der Waals surface area contributed by atoms with E-state index in [9.17, 15) is 4.79 Å². The normalized spacial score (nSPS) is 19.9. The highest BCUT2D eigenvalue weighted by Gasteiger charge is 2.21. The van der Waals surface area contributed by atoms with Crippen molar-refractivity contribution >= 4 is 17.3 Å². The number of carbonyl (C=O) groups excluding carboxylic acids is 1. The molecule has 17 heavy (non-hydrogen) atoms. The molecule has 92 valence electrons. The number of nitrogens with one attached hydrogen (secondary N) is 1. The van der Waals surface area contributed by atoms with Crippen LogP contribution in [0.2, 0.25) is 0 Å². The van der Waals surface area contributed by atoms with Crippen molar-refractivity contribution in [1.29, 1.82) is 0 Å². The predicted octanol–water partition coefficient (Wildman–Crippen LogP) is 1.94. The molecule has 2 rings (SSSR count). The first kappa shape index (κ1) is 11.9. The van der Waals surface area contributed by atoms with Gasteiger partial charge in [0.25, 0.3) is 0 Å². The molecule has 0 radical (unpaired) electrons. The summed E-state index contributed by atoms with van der Waals surface area (Å²) in [6, 6.07) is 5.49. The third-order valence-corrected chi connectivity index (χ3v) is 3.04. The number of benzene rings is 1. The third kappa shape index (κ3) is 2.97. The van der Waals surface area contributed by atoms with Crippen molar-refractivity contribution in [2.45, 2.75) is 19.8 Å². The second-order valence-corrected chi connectivity index (χ2v) is 4.48. The van der Waals surface area contributed by atoms with Crippen molar-refractivity contribution in [3.63, 3.8) is 0 Å². The Hall–Kier alpha value is -1.55. The van der Waals surface area contributed by atoms with Gasteiger partial charge < -0.3 is 15.8 Å². The van der Waals surface area contributed by atoms with Gasteiger partial charge in [0.1, 0.15) is 0 Å². The fourth-order valence-electron chi connectivity index (χ4n) is 2.01. The Morgan fingerprint density at radius 3 is 3.00 bits per heavy atom. The highest BCUT2D eigenvalue weighted by molar-refractivity contribution is 5.93. The van der Waals surface area contributed by atoms with E-state index >= 15 is 0 Å². The van der Waals surface area contributed by atoms with E-state index in [4.69, 9.17) is 10.5 Å². The molecule has 1 aromatic carbocycles. The molecule has 0 bridgehead atoms. The van der Waals surface area contributed by atoms with Crippen molar-refractivity contribution in [2.24, 2.45) is 5.92 Å². The molecule has 0 aliphatic carbocycles. The zero-order valence-electron chi connectivity index (χ0n) is 10.0. The summed E-state index contributed by atoms with van der Waals surface area (Å²) in [5.74, 6) is 0.0123. The van der Waals surface area contributed by atoms with E-state index < -0.39 is 0 Å². The van der Waals surface area contributed by atoms with Gasteiger partial charge in [-0.25, -0.2) is 0 Å². The standard InChI is InChI=1S/C13H18N2O2/c1-9-7-11(14)4-5-12(9)15-13(16)10-3-2-6-17-8-10/h4-5,7,10H,2-3,6,8,14H2,1H3,(H,15,16). The number of hydrogen-bond donors (Lipinski definition) is 2. The van der Waals surface area contributed by atoms with Gasteiger partial charge in [-0.05, 0) is 43.5 Å². The number of carbonyl (C=O) groups is 1. The zero-order chi connectivity index (χ0) is 12.3. The minimum Gasteiger partial charge on any atom is -0.399 e. The summed E-state index contributed by atoms with van der Waals surface area (Å²) in [5.41, 5.74) is 8.19. The lowest BCUT2D eigenvalue weighted by atomic mass is 10.0. The van der Waals surface area contributed by atoms with Crippen LogP contribution in [0.1, 0.15) is 18.4 Å². The molecule has 1 amide bonds. The fourth-order valence-corrected chi connectivity index (χ4v) is 2.01. The van der Waals surface area contributed by atoms with E-state index in [2.05, 4.69) is 5.32 Å². The van der Waals surface area contributed by atoms with Crippen LogP contribution in [0.15, 0.2) is 18.2 Å². The summed E-state index contributed by atoms with van der Waals surface area (Å²) in [4.78, 5) is 12.0. The van der Waals surface area contributed by atoms with Crippen LogP contribution in [0.3, 0.4) is 0 Å². The lowest BCUT2D eigenvalue weighted by Gasteiger charge is -2.21. The maximum Gasteiger partial charge on any atom is 0.229 e. The molecule has 4 heteroatoms. The summed E-state index contributed by atoms with van der Waals surface area (Å²) < 4.78 is 5.31. The van der Waals surface area contributed by atoms with Crippen LogP contribution in [0.25, 0.3) is 0 Å². The van der Waals surface area contributed by atoms with E-state index in [1.165, 1.54) is 0 Å². The summed E-state index contributed by atoms with van der Waals surface area (Å²) in [5, 5.41) is 2.93. The number of aryl methyl sites for hydroxylation is 1. The molecule has 1 aliphatic heterocycles. The average Bonchev–Trinajstić information content (AvgIpc) is 2.34. The highest BCUT2D eigenvalue weighted by Crippen LogP contribution is 2.20. The largest absolute Gasteiger partial charge is 0.399 e. The molecule has 1 saturated heterocycles. The first-order valence-corrected chi connectivity index (χ1v) is 5.91. The molecule has 3 N–H and O–H groups in total. The first-order valence-electron chi connectivity index (χ1n) is 5.91. The molecule has 0 spiro atoms. The van der Waals surface area contributed by atoms with Gasteiger partial charge in [-0.1, -0.05) is 0 Å². The van der Waals surface area contributed by atoms with Gasteiger partial charge in [-0.3, -0.25) is 4.79 Å². The smallest absolute Gasteiger partial charge is 0.229 e. The SMILES string of the molecule is Cc1cc(N)ccc1NC(=O)C1CCCOC1. The Morgan fingerprint density at radius 1 is 1.53 bits per heavy atom. The monoisotopic (exact) mass is 234 g/mol. The van der Waals surface area contributed by atoms with Crippen molar-refractivity contribution in [3.05, 3.63) is 23.8 Å². The quantitative estimate of drug-likeness (QED) is 0.769. The molecule has 1 unspecified atom stereocenters. The highest BCUT2D eigenvalue weighted by atomic mass is 16.5. The maximum absolute atomic E-state index is 12.0. The average molecular weight is 234 g/mol. The minimum atomic E-state index is -0.0271. The summed E-state index contributed by atoms with van der Waals surface area (Å²) in [6.07, 6.45) is 1.86. The van der Waals surface area contributed by atoms with Gasteiger partial charge in [0.05, 0.1) is 12.5 Å². The second-order valence-electron chi connectivity index (χ2n) is 4.48. The topological polar surface area (TPSA) is 64.3 Å². The molecular weight excluding hydrogens is 216 g/mol. The van der Waals surface area contributed by atoms with Gasteiger partial charge in [0, 0.05) is 18.0 Å². The second kappa shape index (κ2) is 5.19. The molecule has 0 aromatic heterocycles. The van der Waals surface area contributed by atoms with Crippen LogP contribution in [-0.4, -0.2) is 19.1 Å². The van der Waals surface area contributed by atoms with Crippen molar-refractivity contribution in [2.75, 3.05) is 24.3 Å². The van der Waals surface area contributed by atoms with Crippen LogP contribution in [0.5, 0.6) is 0 Å². The van der Waals surface area contributed by atoms with Crippen molar-refractivity contribution < 1.29 is 9.53 Å². The van der Waals surface area contributed by atoms with Crippen molar-refractivity contribution in [3.8, 4) is 0 Å². The Labute approximate surface area is 101 Å². The third-order valence-electron chi connectivity index (χ3n) is 3.04. The molecule has 4 nitrogen and oxygen atoms in total. The number of amides is 1. The number of nitrogens with two attached hydrogens (primary N) is 1. The Kier molecular flexibility index (Phi) is 3.64. The molecule has 0 saturated carbocycles. The molecular formula is C13H18N2O2. The minimum absolute atomic E-state index is 0.0271. The number of ether oxygens (including phenoxy) is 1. The number of hydrogen-bond acceptors (Lipinski definition) is 3. The van der Waals surface area contributed by atoms with Gasteiger partial charge in [-0.15, -0.1) is 0 Å². The molecule has 1 aliphatic rings. The fraction of sp³-hybridized carbons (Fsp3) is 0.462. The van der Waals surface area contributed by atoms with E-state index in [0.717, 1.165) is 30.7 Å². The van der Waals surface area contributed by atoms with Crippen LogP contribution in [0, 0.1) is 12.8 Å². The maximum atomic E-state index is 12.0. The van der Waals surface area contributed by atoms with Gasteiger partial charge in [0.15, 0.2) is 0 Å². The Balaban J connectivity index is 2.02. The van der Waals surface area contributed by atoms with Crippen LogP contribution in [0.4, 0.5) is 11.4 Å². The van der Waals surface area contributed by atoms with Crippen molar-refractivity contribution in [1.82, 2.24) is 0 Å². The van der Waals surface area contributed by atoms with E-state index in [1.807, 2.05) is 19.1 Å². The van der Waals surface area contributed by atoms with Crippen LogP contribution >= 0.6 is 0 Å². The van der Waals surface area contributed by atoms with Crippen LogP contribution < -0.4 is 11.1 Å². The zero-order valence-corrected chi connectivity index (χ0v) is 10.0. The summed E-state index contributed by atoms with van der Waals surface area (Å²) >= 11 is 0. The van der Waals surface area contributed by atoms with Gasteiger partial charge in [0.2, 0.25) is 5.91 Å². The van der Waals surface area contributed by atoms with E-state index in [0.29, 0.717) is 12.3 Å². The molecule has 1 heterocycles. The predicted molar refractivity (Wildman–Crippen MR) is 67.8 cm³/mol. The number of rotatable bonds is 2. The first-order chi connectivity index (χ1) is 8.16. The van der Waals surface area contributed by atoms with E-state index in [1.54, 1.807) is 6.07 Å². The summed E-state index contributed by atoms with van der Waals surface area (Å²) in [6.45, 7) is 3.23. The van der Waals surface area contributed by atoms with E-state index in [-0.39, 0.29) is 11.8 Å². The van der Waals surface area contributed by atoms with Gasteiger partial charge in [-0.2, -0.15) is 0 Å². The van der Waals surface area contributed by atoms with Crippen LogP contribution in [-0.2, 0) is 9.53 Å². The number of anilines is 2. The van der Waals surface area contributed by atoms with Gasteiger partial charge >= 0.3 is 0 Å². The molecule has 1 atom stereocenters. The number of nitrogen functional groups attached to an aromatic ring is 1. The Bertz CT molecular complexity index is 412. The lowest BCUT2D eigenvalue weighted by molar-refractivity contribution is -0.123. The summed E-state index contributed by atoms with van der Waals surface area (Å²) in [7, 11) is 0. The Morgan fingerprint density at radius 2 is 2.35 bits per heavy atom. The molecule has 1 fully saturated rings. The molecule has 1 aromatic rings. The lowest BCUT2D eigenvalue weighted by Crippen LogP contribution is -2.30.